The zero-order chi connectivity index (χ0) is 13.5. The first-order chi connectivity index (χ1) is 9.11. The van der Waals surface area contributed by atoms with E-state index in [0.29, 0.717) is 18.5 Å². The van der Waals surface area contributed by atoms with E-state index in [0.717, 1.165) is 10.9 Å². The molecule has 0 spiro atoms. The molecule has 1 aromatic carbocycles. The molecule has 0 bridgehead atoms. The molecule has 1 fully saturated rings. The SMILES string of the molecule is O=C(Cc1[nH]nc2ccccc12)NC1(C(=O)O)CC1. The van der Waals surface area contributed by atoms with Crippen molar-refractivity contribution in [2.45, 2.75) is 24.8 Å². The van der Waals surface area contributed by atoms with Crippen LogP contribution in [0, 0.1) is 0 Å². The second-order valence-corrected chi connectivity index (χ2v) is 4.83. The fourth-order valence-electron chi connectivity index (χ4n) is 2.14. The minimum absolute atomic E-state index is 0.107. The Morgan fingerprint density at radius 2 is 2.11 bits per heavy atom. The molecule has 0 radical (unpaired) electrons. The van der Waals surface area contributed by atoms with Crippen LogP contribution in [0.15, 0.2) is 24.3 Å². The molecule has 1 saturated carbocycles. The number of benzene rings is 1. The van der Waals surface area contributed by atoms with Crippen molar-refractivity contribution in [2.24, 2.45) is 0 Å². The Labute approximate surface area is 108 Å². The molecule has 98 valence electrons. The molecule has 1 heterocycles. The van der Waals surface area contributed by atoms with Gasteiger partial charge in [0.25, 0.3) is 0 Å². The quantitative estimate of drug-likeness (QED) is 0.758. The molecule has 6 heteroatoms. The third-order valence-electron chi connectivity index (χ3n) is 3.42. The molecule has 1 amide bonds. The van der Waals surface area contributed by atoms with Gasteiger partial charge in [0.2, 0.25) is 5.91 Å². The van der Waals surface area contributed by atoms with E-state index in [1.54, 1.807) is 0 Å². The summed E-state index contributed by atoms with van der Waals surface area (Å²) in [5.74, 6) is -1.26. The van der Waals surface area contributed by atoms with Crippen molar-refractivity contribution in [3.8, 4) is 0 Å². The topological polar surface area (TPSA) is 95.1 Å². The van der Waals surface area contributed by atoms with Crippen LogP contribution in [0.25, 0.3) is 10.9 Å². The van der Waals surface area contributed by atoms with Gasteiger partial charge in [-0.05, 0) is 18.9 Å². The van der Waals surface area contributed by atoms with E-state index in [4.69, 9.17) is 5.11 Å². The summed E-state index contributed by atoms with van der Waals surface area (Å²) in [6.07, 6.45) is 1.10. The van der Waals surface area contributed by atoms with Crippen molar-refractivity contribution in [1.82, 2.24) is 15.5 Å². The number of carbonyl (C=O) groups excluding carboxylic acids is 1. The van der Waals surface area contributed by atoms with E-state index >= 15 is 0 Å². The van der Waals surface area contributed by atoms with E-state index in [9.17, 15) is 9.59 Å². The molecule has 3 rings (SSSR count). The number of aromatic amines is 1. The first-order valence-electron chi connectivity index (χ1n) is 6.07. The van der Waals surface area contributed by atoms with Crippen LogP contribution in [0.2, 0.25) is 0 Å². The number of aliphatic carboxylic acids is 1. The molecule has 2 aromatic rings. The first-order valence-corrected chi connectivity index (χ1v) is 6.07. The fraction of sp³-hybridized carbons (Fsp3) is 0.308. The summed E-state index contributed by atoms with van der Waals surface area (Å²) in [6.45, 7) is 0. The number of carboxylic acid groups (broad SMARTS) is 1. The number of H-pyrrole nitrogens is 1. The molecule has 0 atom stereocenters. The second kappa shape index (κ2) is 4.08. The minimum atomic E-state index is -1.03. The van der Waals surface area contributed by atoms with Gasteiger partial charge < -0.3 is 10.4 Å². The van der Waals surface area contributed by atoms with Gasteiger partial charge in [0.15, 0.2) is 0 Å². The number of aromatic nitrogens is 2. The van der Waals surface area contributed by atoms with Gasteiger partial charge in [-0.25, -0.2) is 4.79 Å². The van der Waals surface area contributed by atoms with Crippen LogP contribution in [0.4, 0.5) is 0 Å². The largest absolute Gasteiger partial charge is 0.480 e. The minimum Gasteiger partial charge on any atom is -0.480 e. The summed E-state index contributed by atoms with van der Waals surface area (Å²) in [4.78, 5) is 22.9. The van der Waals surface area contributed by atoms with Crippen LogP contribution in [0.1, 0.15) is 18.5 Å². The molecular weight excluding hydrogens is 246 g/mol. The Bertz CT molecular complexity index is 658. The lowest BCUT2D eigenvalue weighted by Gasteiger charge is -2.11. The van der Waals surface area contributed by atoms with Crippen molar-refractivity contribution in [3.05, 3.63) is 30.0 Å². The van der Waals surface area contributed by atoms with E-state index < -0.39 is 11.5 Å². The van der Waals surface area contributed by atoms with Crippen LogP contribution in [-0.4, -0.2) is 32.7 Å². The maximum atomic E-state index is 11.9. The number of para-hydroxylation sites is 1. The van der Waals surface area contributed by atoms with Crippen LogP contribution in [0.5, 0.6) is 0 Å². The highest BCUT2D eigenvalue weighted by Gasteiger charge is 2.51. The molecule has 0 aliphatic heterocycles. The standard InChI is InChI=1S/C13H13N3O3/c17-11(14-13(5-6-13)12(18)19)7-10-8-3-1-2-4-9(8)15-16-10/h1-4H,5-7H2,(H,14,17)(H,15,16)(H,18,19). The Morgan fingerprint density at radius 3 is 2.79 bits per heavy atom. The number of nitrogens with zero attached hydrogens (tertiary/aromatic N) is 1. The highest BCUT2D eigenvalue weighted by Crippen LogP contribution is 2.35. The highest BCUT2D eigenvalue weighted by atomic mass is 16.4. The summed E-state index contributed by atoms with van der Waals surface area (Å²) >= 11 is 0. The second-order valence-electron chi connectivity index (χ2n) is 4.83. The van der Waals surface area contributed by atoms with E-state index in [2.05, 4.69) is 15.5 Å². The van der Waals surface area contributed by atoms with Gasteiger partial charge in [-0.15, -0.1) is 0 Å². The van der Waals surface area contributed by atoms with Gasteiger partial charge >= 0.3 is 5.97 Å². The Morgan fingerprint density at radius 1 is 1.37 bits per heavy atom. The van der Waals surface area contributed by atoms with Gasteiger partial charge in [0, 0.05) is 5.39 Å². The van der Waals surface area contributed by atoms with Crippen molar-refractivity contribution in [2.75, 3.05) is 0 Å². The van der Waals surface area contributed by atoms with Crippen LogP contribution in [0.3, 0.4) is 0 Å². The first kappa shape index (κ1) is 11.7. The summed E-state index contributed by atoms with van der Waals surface area (Å²) in [7, 11) is 0. The van der Waals surface area contributed by atoms with Crippen molar-refractivity contribution >= 4 is 22.8 Å². The maximum Gasteiger partial charge on any atom is 0.329 e. The lowest BCUT2D eigenvalue weighted by atomic mass is 10.1. The van der Waals surface area contributed by atoms with Crippen molar-refractivity contribution in [3.63, 3.8) is 0 Å². The number of carbonyl (C=O) groups is 2. The van der Waals surface area contributed by atoms with Gasteiger partial charge in [-0.2, -0.15) is 5.10 Å². The van der Waals surface area contributed by atoms with Gasteiger partial charge in [-0.3, -0.25) is 9.89 Å². The maximum absolute atomic E-state index is 11.9. The molecule has 0 saturated heterocycles. The molecule has 1 aliphatic carbocycles. The number of nitrogens with one attached hydrogen (secondary N) is 2. The predicted molar refractivity (Wildman–Crippen MR) is 67.5 cm³/mol. The van der Waals surface area contributed by atoms with Gasteiger partial charge in [-0.1, -0.05) is 18.2 Å². The fourth-order valence-corrected chi connectivity index (χ4v) is 2.14. The van der Waals surface area contributed by atoms with Crippen LogP contribution >= 0.6 is 0 Å². The third kappa shape index (κ3) is 2.05. The molecule has 19 heavy (non-hydrogen) atoms. The third-order valence-corrected chi connectivity index (χ3v) is 3.42. The molecule has 1 aliphatic rings. The van der Waals surface area contributed by atoms with Crippen LogP contribution < -0.4 is 5.32 Å². The number of carboxylic acids is 1. The number of fused-ring (bicyclic) bond motifs is 1. The van der Waals surface area contributed by atoms with E-state index in [1.165, 1.54) is 0 Å². The molecule has 1 aromatic heterocycles. The number of hydrogen-bond donors (Lipinski definition) is 3. The smallest absolute Gasteiger partial charge is 0.329 e. The zero-order valence-electron chi connectivity index (χ0n) is 10.1. The van der Waals surface area contributed by atoms with Crippen molar-refractivity contribution in [1.29, 1.82) is 0 Å². The van der Waals surface area contributed by atoms with Crippen molar-refractivity contribution < 1.29 is 14.7 Å². The lowest BCUT2D eigenvalue weighted by molar-refractivity contribution is -0.143. The van der Waals surface area contributed by atoms with E-state index in [-0.39, 0.29) is 12.3 Å². The summed E-state index contributed by atoms with van der Waals surface area (Å²) in [6, 6.07) is 7.48. The zero-order valence-corrected chi connectivity index (χ0v) is 10.1. The lowest BCUT2D eigenvalue weighted by Crippen LogP contribution is -2.43. The molecule has 3 N–H and O–H groups in total. The Balaban J connectivity index is 1.75. The van der Waals surface area contributed by atoms with E-state index in [1.807, 2.05) is 24.3 Å². The Kier molecular flexibility index (Phi) is 2.51. The predicted octanol–water partition coefficient (Wildman–Crippen LogP) is 0.839. The number of rotatable bonds is 4. The number of hydrogen-bond acceptors (Lipinski definition) is 3. The van der Waals surface area contributed by atoms with Crippen LogP contribution in [-0.2, 0) is 16.0 Å². The molecule has 0 unspecified atom stereocenters. The monoisotopic (exact) mass is 259 g/mol. The average molecular weight is 259 g/mol. The number of amides is 1. The van der Waals surface area contributed by atoms with Gasteiger partial charge in [0.05, 0.1) is 17.6 Å². The summed E-state index contributed by atoms with van der Waals surface area (Å²) < 4.78 is 0. The van der Waals surface area contributed by atoms with Gasteiger partial charge in [0.1, 0.15) is 5.54 Å². The molecular formula is C13H13N3O3. The normalized spacial score (nSPS) is 16.2. The Hall–Kier alpha value is -2.37. The molecule has 6 nitrogen and oxygen atoms in total. The summed E-state index contributed by atoms with van der Waals surface area (Å²) in [5.41, 5.74) is 0.464. The summed E-state index contributed by atoms with van der Waals surface area (Å²) in [5, 5.41) is 19.4. The average Bonchev–Trinajstić information content (AvgIpc) is 3.06. The highest BCUT2D eigenvalue weighted by molar-refractivity contribution is 5.92.